The number of nitrogens with one attached hydrogen (secondary N) is 1. The van der Waals surface area contributed by atoms with Gasteiger partial charge in [-0.1, -0.05) is 0 Å². The Labute approximate surface area is 91.7 Å². The average Bonchev–Trinajstić information content (AvgIpc) is 2.29. The minimum atomic E-state index is -1.09. The zero-order valence-corrected chi connectivity index (χ0v) is 8.54. The highest BCUT2D eigenvalue weighted by atomic mass is 16.5. The minimum Gasteiger partial charge on any atom is -0.480 e. The van der Waals surface area contributed by atoms with Gasteiger partial charge in [0.1, 0.15) is 12.1 Å². The van der Waals surface area contributed by atoms with Crippen LogP contribution in [0.5, 0.6) is 0 Å². The number of hydrogen-bond acceptors (Lipinski definition) is 6. The molecule has 0 aliphatic carbocycles. The summed E-state index contributed by atoms with van der Waals surface area (Å²) in [6, 6.07) is 0.848. The molecule has 1 aromatic heterocycles. The van der Waals surface area contributed by atoms with E-state index in [1.54, 1.807) is 0 Å². The number of hydrogen-bond donors (Lipinski definition) is 2. The topological polar surface area (TPSA) is 108 Å². The van der Waals surface area contributed by atoms with Crippen LogP contribution in [0.15, 0.2) is 12.4 Å². The molecule has 7 nitrogen and oxygen atoms in total. The van der Waals surface area contributed by atoms with Crippen molar-refractivity contribution < 1.29 is 14.6 Å². The predicted octanol–water partition coefficient (Wildman–Crippen LogP) is -0.140. The van der Waals surface area contributed by atoms with Gasteiger partial charge in [-0.05, 0) is 0 Å². The fourth-order valence-electron chi connectivity index (χ4n) is 1.03. The third kappa shape index (κ3) is 2.90. The first-order valence-electron chi connectivity index (χ1n) is 4.38. The molecule has 2 N–H and O–H groups in total. The molecular formula is C9H10N4O3. The van der Waals surface area contributed by atoms with Gasteiger partial charge in [-0.15, -0.1) is 0 Å². The number of aliphatic carboxylic acids is 1. The van der Waals surface area contributed by atoms with Crippen LogP contribution in [0.3, 0.4) is 0 Å². The Morgan fingerprint density at radius 1 is 1.69 bits per heavy atom. The molecule has 0 saturated carbocycles. The molecule has 1 unspecified atom stereocenters. The van der Waals surface area contributed by atoms with E-state index >= 15 is 0 Å². The van der Waals surface area contributed by atoms with Gasteiger partial charge in [-0.3, -0.25) is 0 Å². The maximum absolute atomic E-state index is 10.8. The molecule has 1 atom stereocenters. The molecule has 0 radical (unpaired) electrons. The van der Waals surface area contributed by atoms with Crippen LogP contribution in [0.1, 0.15) is 5.69 Å². The summed E-state index contributed by atoms with van der Waals surface area (Å²) < 4.78 is 4.74. The second kappa shape index (κ2) is 5.63. The summed E-state index contributed by atoms with van der Waals surface area (Å²) >= 11 is 0. The van der Waals surface area contributed by atoms with Crippen LogP contribution in [0.25, 0.3) is 0 Å². The van der Waals surface area contributed by atoms with E-state index in [1.165, 1.54) is 19.5 Å². The van der Waals surface area contributed by atoms with Crippen molar-refractivity contribution in [2.75, 3.05) is 19.0 Å². The molecule has 0 bridgehead atoms. The van der Waals surface area contributed by atoms with Crippen LogP contribution in [0.2, 0.25) is 0 Å². The number of nitrogens with zero attached hydrogens (tertiary/aromatic N) is 3. The summed E-state index contributed by atoms with van der Waals surface area (Å²) in [6.07, 6.45) is 2.73. The highest BCUT2D eigenvalue weighted by Gasteiger charge is 2.19. The Hall–Kier alpha value is -2.20. The minimum absolute atomic E-state index is 0.0310. The lowest BCUT2D eigenvalue weighted by atomic mass is 10.3. The molecule has 0 amide bonds. The van der Waals surface area contributed by atoms with Gasteiger partial charge < -0.3 is 15.2 Å². The average molecular weight is 222 g/mol. The number of anilines is 1. The summed E-state index contributed by atoms with van der Waals surface area (Å²) in [7, 11) is 1.39. The maximum Gasteiger partial charge on any atom is 0.328 e. The van der Waals surface area contributed by atoms with Crippen LogP contribution >= 0.6 is 0 Å². The van der Waals surface area contributed by atoms with Gasteiger partial charge in [-0.2, -0.15) is 5.26 Å². The molecule has 0 aliphatic rings. The lowest BCUT2D eigenvalue weighted by Crippen LogP contribution is -2.34. The number of nitriles is 1. The molecule has 1 heterocycles. The third-order valence-corrected chi connectivity index (χ3v) is 1.75. The van der Waals surface area contributed by atoms with Crippen molar-refractivity contribution in [3.05, 3.63) is 18.1 Å². The van der Waals surface area contributed by atoms with Gasteiger partial charge in [-0.25, -0.2) is 14.8 Å². The summed E-state index contributed by atoms with van der Waals surface area (Å²) in [4.78, 5) is 18.4. The Morgan fingerprint density at radius 2 is 2.38 bits per heavy atom. The SMILES string of the molecule is COCC(Nc1nccnc1C#N)C(=O)O. The van der Waals surface area contributed by atoms with Gasteiger partial charge in [0.25, 0.3) is 0 Å². The Bertz CT molecular complexity index is 415. The maximum atomic E-state index is 10.8. The largest absolute Gasteiger partial charge is 0.480 e. The molecule has 0 spiro atoms. The fraction of sp³-hybridized carbons (Fsp3) is 0.333. The van der Waals surface area contributed by atoms with Crippen molar-refractivity contribution in [3.63, 3.8) is 0 Å². The predicted molar refractivity (Wildman–Crippen MR) is 53.7 cm³/mol. The van der Waals surface area contributed by atoms with Gasteiger partial charge in [0.05, 0.1) is 6.61 Å². The number of carboxylic acid groups (broad SMARTS) is 1. The number of aromatic nitrogens is 2. The molecule has 0 saturated heterocycles. The fourth-order valence-corrected chi connectivity index (χ4v) is 1.03. The van der Waals surface area contributed by atoms with E-state index in [2.05, 4.69) is 15.3 Å². The van der Waals surface area contributed by atoms with Crippen LogP contribution in [-0.2, 0) is 9.53 Å². The normalized spacial score (nSPS) is 11.5. The van der Waals surface area contributed by atoms with Gasteiger partial charge in [0, 0.05) is 19.5 Å². The van der Waals surface area contributed by atoms with E-state index in [4.69, 9.17) is 15.1 Å². The quantitative estimate of drug-likeness (QED) is 0.713. The zero-order chi connectivity index (χ0) is 12.0. The number of carbonyl (C=O) groups is 1. The molecule has 7 heteroatoms. The van der Waals surface area contributed by atoms with Crippen molar-refractivity contribution in [3.8, 4) is 6.07 Å². The van der Waals surface area contributed by atoms with Crippen molar-refractivity contribution in [1.29, 1.82) is 5.26 Å². The first-order valence-corrected chi connectivity index (χ1v) is 4.38. The standard InChI is InChI=1S/C9H10N4O3/c1-16-5-7(9(14)15)13-8-6(4-10)11-2-3-12-8/h2-3,7H,5H2,1H3,(H,12,13)(H,14,15). The Balaban J connectivity index is 2.85. The van der Waals surface area contributed by atoms with Crippen molar-refractivity contribution in [2.45, 2.75) is 6.04 Å². The van der Waals surface area contributed by atoms with Crippen molar-refractivity contribution >= 4 is 11.8 Å². The van der Waals surface area contributed by atoms with Crippen LogP contribution in [-0.4, -0.2) is 40.8 Å². The lowest BCUT2D eigenvalue weighted by molar-refractivity contribution is -0.139. The molecule has 0 aliphatic heterocycles. The van der Waals surface area contributed by atoms with Crippen LogP contribution in [0, 0.1) is 11.3 Å². The van der Waals surface area contributed by atoms with Gasteiger partial charge in [0.15, 0.2) is 11.5 Å². The Morgan fingerprint density at radius 3 is 2.94 bits per heavy atom. The second-order valence-electron chi connectivity index (χ2n) is 2.86. The molecule has 1 rings (SSSR count). The number of methoxy groups -OCH3 is 1. The summed E-state index contributed by atoms with van der Waals surface area (Å²) in [5.41, 5.74) is 0.0462. The van der Waals surface area contributed by atoms with E-state index in [9.17, 15) is 4.79 Å². The Kier molecular flexibility index (Phi) is 4.17. The highest BCUT2D eigenvalue weighted by molar-refractivity contribution is 5.77. The van der Waals surface area contributed by atoms with Gasteiger partial charge in [0.2, 0.25) is 0 Å². The van der Waals surface area contributed by atoms with Crippen LogP contribution < -0.4 is 5.32 Å². The second-order valence-corrected chi connectivity index (χ2v) is 2.86. The molecule has 16 heavy (non-hydrogen) atoms. The van der Waals surface area contributed by atoms with E-state index in [1.807, 2.05) is 6.07 Å². The summed E-state index contributed by atoms with van der Waals surface area (Å²) in [5.74, 6) is -0.953. The molecule has 84 valence electrons. The number of carboxylic acids is 1. The lowest BCUT2D eigenvalue weighted by Gasteiger charge is -2.13. The summed E-state index contributed by atoms with van der Waals surface area (Å²) in [6.45, 7) is -0.0310. The zero-order valence-electron chi connectivity index (χ0n) is 8.54. The number of rotatable bonds is 5. The highest BCUT2D eigenvalue weighted by Crippen LogP contribution is 2.08. The third-order valence-electron chi connectivity index (χ3n) is 1.75. The van der Waals surface area contributed by atoms with Gasteiger partial charge >= 0.3 is 5.97 Å². The molecular weight excluding hydrogens is 212 g/mol. The van der Waals surface area contributed by atoms with Crippen molar-refractivity contribution in [1.82, 2.24) is 9.97 Å². The first kappa shape index (κ1) is 11.9. The summed E-state index contributed by atoms with van der Waals surface area (Å²) in [5, 5.41) is 20.2. The molecule has 1 aromatic rings. The van der Waals surface area contributed by atoms with E-state index in [-0.39, 0.29) is 18.1 Å². The molecule has 0 aromatic carbocycles. The van der Waals surface area contributed by atoms with E-state index in [0.717, 1.165) is 0 Å². The smallest absolute Gasteiger partial charge is 0.328 e. The van der Waals surface area contributed by atoms with E-state index in [0.29, 0.717) is 0 Å². The van der Waals surface area contributed by atoms with Crippen molar-refractivity contribution in [2.24, 2.45) is 0 Å². The first-order chi connectivity index (χ1) is 7.69. The molecule has 0 fully saturated rings. The van der Waals surface area contributed by atoms with E-state index < -0.39 is 12.0 Å². The monoisotopic (exact) mass is 222 g/mol. The van der Waals surface area contributed by atoms with Crippen LogP contribution in [0.4, 0.5) is 5.82 Å². The number of ether oxygens (including phenoxy) is 1.